The van der Waals surface area contributed by atoms with Crippen LogP contribution in [0.1, 0.15) is 39.4 Å². The molecule has 0 aliphatic heterocycles. The fraction of sp³-hybridized carbons (Fsp3) is 0.429. The zero-order chi connectivity index (χ0) is 16.8. The average molecular weight is 346 g/mol. The van der Waals surface area contributed by atoms with Crippen LogP contribution in [0.2, 0.25) is 0 Å². The molecule has 2 heterocycles. The number of rotatable bonds is 5. The smallest absolute Gasteiger partial charge is 0.391 e. The molecule has 1 atom stereocenters. The van der Waals surface area contributed by atoms with Gasteiger partial charge in [0.1, 0.15) is 10.6 Å². The van der Waals surface area contributed by atoms with Gasteiger partial charge in [0.05, 0.1) is 16.6 Å². The number of fused-ring (bicyclic) bond motifs is 1. The first-order valence-electron chi connectivity index (χ1n) is 6.96. The summed E-state index contributed by atoms with van der Waals surface area (Å²) in [6.45, 7) is 0. The molecule has 1 aliphatic carbocycles. The molecule has 2 aromatic heterocycles. The predicted molar refractivity (Wildman–Crippen MR) is 77.8 cm³/mol. The third-order valence-electron chi connectivity index (χ3n) is 3.72. The first-order chi connectivity index (χ1) is 10.7. The van der Waals surface area contributed by atoms with Crippen molar-refractivity contribution < 1.29 is 27.9 Å². The molecule has 0 spiro atoms. The fourth-order valence-electron chi connectivity index (χ4n) is 2.48. The maximum absolute atomic E-state index is 12.6. The van der Waals surface area contributed by atoms with Gasteiger partial charge in [-0.1, -0.05) is 0 Å². The zero-order valence-electron chi connectivity index (χ0n) is 11.7. The molecular formula is C14H13F3N2O3S. The number of amides is 1. The summed E-state index contributed by atoms with van der Waals surface area (Å²) in [7, 11) is 0. The molecule has 1 unspecified atom stereocenters. The third-order valence-corrected chi connectivity index (χ3v) is 4.79. The number of aromatic carboxylic acids is 1. The maximum Gasteiger partial charge on any atom is 0.391 e. The Balaban J connectivity index is 1.74. The molecule has 1 aliphatic rings. The first-order valence-corrected chi connectivity index (χ1v) is 7.78. The molecule has 2 aromatic rings. The van der Waals surface area contributed by atoms with Crippen molar-refractivity contribution >= 4 is 33.4 Å². The van der Waals surface area contributed by atoms with Gasteiger partial charge in [-0.3, -0.25) is 4.79 Å². The summed E-state index contributed by atoms with van der Waals surface area (Å²) in [5, 5.41) is 11.3. The number of carboxylic acids is 1. The third kappa shape index (κ3) is 3.66. The Hall–Kier alpha value is -2.03. The molecule has 0 bridgehead atoms. The molecule has 1 amide bonds. The Morgan fingerprint density at radius 1 is 1.39 bits per heavy atom. The summed E-state index contributed by atoms with van der Waals surface area (Å²) in [5.74, 6) is -1.80. The maximum atomic E-state index is 12.6. The van der Waals surface area contributed by atoms with Crippen LogP contribution in [0.4, 0.5) is 13.2 Å². The molecular weight excluding hydrogens is 333 g/mol. The minimum absolute atomic E-state index is 0.129. The minimum atomic E-state index is -4.33. The van der Waals surface area contributed by atoms with Gasteiger partial charge in [0.25, 0.3) is 5.91 Å². The normalized spacial score (nSPS) is 16.5. The van der Waals surface area contributed by atoms with Crippen LogP contribution in [0.3, 0.4) is 0 Å². The monoisotopic (exact) mass is 346 g/mol. The Kier molecular flexibility index (Phi) is 3.83. The lowest BCUT2D eigenvalue weighted by Gasteiger charge is -2.19. The van der Waals surface area contributed by atoms with Crippen molar-refractivity contribution in [3.8, 4) is 0 Å². The second-order valence-electron chi connectivity index (χ2n) is 5.61. The summed E-state index contributed by atoms with van der Waals surface area (Å²) < 4.78 is 38.3. The number of carbonyl (C=O) groups excluding carboxylic acids is 1. The van der Waals surface area contributed by atoms with E-state index in [1.54, 1.807) is 0 Å². The van der Waals surface area contributed by atoms with Gasteiger partial charge >= 0.3 is 12.1 Å². The number of thiophene rings is 1. The lowest BCUT2D eigenvalue weighted by Crippen LogP contribution is -2.39. The van der Waals surface area contributed by atoms with Crippen molar-refractivity contribution in [2.75, 3.05) is 0 Å². The molecule has 1 fully saturated rings. The summed E-state index contributed by atoms with van der Waals surface area (Å²) in [5.41, 5.74) is 0.618. The van der Waals surface area contributed by atoms with Crippen LogP contribution in [-0.2, 0) is 0 Å². The van der Waals surface area contributed by atoms with E-state index in [2.05, 4.69) is 10.3 Å². The first kappa shape index (κ1) is 15.9. The second-order valence-corrected chi connectivity index (χ2v) is 6.70. The number of alkyl halides is 3. The SMILES string of the molecule is O=C(NC(CC(F)(F)F)C1CC1)c1cc2sc(C(=O)O)cc2[nH]1. The topological polar surface area (TPSA) is 82.2 Å². The number of hydrogen-bond acceptors (Lipinski definition) is 3. The Morgan fingerprint density at radius 2 is 2.09 bits per heavy atom. The molecule has 5 nitrogen and oxygen atoms in total. The average Bonchev–Trinajstić information content (AvgIpc) is 3.06. The van der Waals surface area contributed by atoms with Crippen molar-refractivity contribution in [2.24, 2.45) is 5.92 Å². The van der Waals surface area contributed by atoms with Gasteiger partial charge in [0.15, 0.2) is 0 Å². The lowest BCUT2D eigenvalue weighted by atomic mass is 10.1. The molecule has 0 radical (unpaired) electrons. The number of aromatic amines is 1. The highest BCUT2D eigenvalue weighted by molar-refractivity contribution is 7.20. The van der Waals surface area contributed by atoms with Crippen molar-refractivity contribution in [1.29, 1.82) is 0 Å². The zero-order valence-corrected chi connectivity index (χ0v) is 12.6. The van der Waals surface area contributed by atoms with E-state index in [1.807, 2.05) is 0 Å². The van der Waals surface area contributed by atoms with Crippen molar-refractivity contribution in [2.45, 2.75) is 31.5 Å². The molecule has 0 aromatic carbocycles. The van der Waals surface area contributed by atoms with E-state index in [9.17, 15) is 22.8 Å². The van der Waals surface area contributed by atoms with E-state index in [0.717, 1.165) is 11.3 Å². The molecule has 9 heteroatoms. The van der Waals surface area contributed by atoms with Crippen LogP contribution in [0.25, 0.3) is 10.2 Å². The summed E-state index contributed by atoms with van der Waals surface area (Å²) in [6.07, 6.45) is -4.00. The number of halogens is 3. The van der Waals surface area contributed by atoms with Crippen LogP contribution < -0.4 is 5.32 Å². The van der Waals surface area contributed by atoms with Crippen molar-refractivity contribution in [3.63, 3.8) is 0 Å². The summed E-state index contributed by atoms with van der Waals surface area (Å²) in [4.78, 5) is 25.9. The van der Waals surface area contributed by atoms with Crippen molar-refractivity contribution in [3.05, 3.63) is 22.7 Å². The number of aromatic nitrogens is 1. The van der Waals surface area contributed by atoms with Gasteiger partial charge in [-0.25, -0.2) is 4.79 Å². The molecule has 3 rings (SSSR count). The predicted octanol–water partition coefficient (Wildman–Crippen LogP) is 3.39. The number of carboxylic acid groups (broad SMARTS) is 1. The summed E-state index contributed by atoms with van der Waals surface area (Å²) in [6, 6.07) is 1.94. The quantitative estimate of drug-likeness (QED) is 0.776. The van der Waals surface area contributed by atoms with Crippen LogP contribution in [0.5, 0.6) is 0 Å². The van der Waals surface area contributed by atoms with Gasteiger partial charge in [-0.05, 0) is 30.9 Å². The van der Waals surface area contributed by atoms with Gasteiger partial charge < -0.3 is 15.4 Å². The van der Waals surface area contributed by atoms with E-state index >= 15 is 0 Å². The number of carbonyl (C=O) groups is 2. The molecule has 124 valence electrons. The summed E-state index contributed by atoms with van der Waals surface area (Å²) >= 11 is 1.00. The van der Waals surface area contributed by atoms with Gasteiger partial charge in [0.2, 0.25) is 0 Å². The van der Waals surface area contributed by atoms with Crippen molar-refractivity contribution in [1.82, 2.24) is 10.3 Å². The largest absolute Gasteiger partial charge is 0.477 e. The van der Waals surface area contributed by atoms with E-state index in [4.69, 9.17) is 5.11 Å². The van der Waals surface area contributed by atoms with Gasteiger partial charge in [0, 0.05) is 6.04 Å². The highest BCUT2D eigenvalue weighted by Crippen LogP contribution is 2.38. The van der Waals surface area contributed by atoms with Crippen LogP contribution >= 0.6 is 11.3 Å². The van der Waals surface area contributed by atoms with E-state index < -0.39 is 30.5 Å². The lowest BCUT2D eigenvalue weighted by molar-refractivity contribution is -0.140. The fourth-order valence-corrected chi connectivity index (χ4v) is 3.38. The molecule has 3 N–H and O–H groups in total. The molecule has 1 saturated carbocycles. The minimum Gasteiger partial charge on any atom is -0.477 e. The Labute approximate surface area is 132 Å². The van der Waals surface area contributed by atoms with E-state index in [0.29, 0.717) is 23.1 Å². The van der Waals surface area contributed by atoms with Crippen LogP contribution in [0.15, 0.2) is 12.1 Å². The van der Waals surface area contributed by atoms with Gasteiger partial charge in [-0.2, -0.15) is 13.2 Å². The highest BCUT2D eigenvalue weighted by Gasteiger charge is 2.40. The van der Waals surface area contributed by atoms with E-state index in [1.165, 1.54) is 12.1 Å². The highest BCUT2D eigenvalue weighted by atomic mass is 32.1. The Morgan fingerprint density at radius 3 is 2.61 bits per heavy atom. The number of hydrogen-bond donors (Lipinski definition) is 3. The standard InChI is InChI=1S/C14H13F3N2O3S/c15-14(16,17)5-9(6-1-2-6)19-12(20)8-4-10-7(18-8)3-11(23-10)13(21)22/h3-4,6,9,18H,1-2,5H2,(H,19,20)(H,21,22). The molecule has 23 heavy (non-hydrogen) atoms. The van der Waals surface area contributed by atoms with E-state index in [-0.39, 0.29) is 16.5 Å². The molecule has 0 saturated heterocycles. The second kappa shape index (κ2) is 5.55. The number of nitrogens with one attached hydrogen (secondary N) is 2. The Bertz CT molecular complexity index is 729. The van der Waals surface area contributed by atoms with Crippen LogP contribution in [0, 0.1) is 5.92 Å². The number of H-pyrrole nitrogens is 1. The van der Waals surface area contributed by atoms with Crippen LogP contribution in [-0.4, -0.2) is 34.2 Å². The van der Waals surface area contributed by atoms with Gasteiger partial charge in [-0.15, -0.1) is 11.3 Å².